The highest BCUT2D eigenvalue weighted by Gasteiger charge is 2.27. The summed E-state index contributed by atoms with van der Waals surface area (Å²) in [5.74, 6) is -1.17. The maximum Gasteiger partial charge on any atom is 0.301 e. The van der Waals surface area contributed by atoms with Crippen LogP contribution in [0.1, 0.15) is 45.7 Å². The average molecular weight is 402 g/mol. The van der Waals surface area contributed by atoms with Gasteiger partial charge in [-0.15, -0.1) is 0 Å². The number of hydrogen-bond acceptors (Lipinski definition) is 4. The number of rotatable bonds is 5. The quantitative estimate of drug-likeness (QED) is 0.698. The zero-order chi connectivity index (χ0) is 20.3. The first kappa shape index (κ1) is 19.8. The first-order valence-electron chi connectivity index (χ1n) is 8.86. The number of amides is 2. The van der Waals surface area contributed by atoms with E-state index in [1.54, 1.807) is 0 Å². The van der Waals surface area contributed by atoms with Crippen molar-refractivity contribution in [2.24, 2.45) is 5.73 Å². The number of nitrogens with two attached hydrogens (primary N) is 1. The topological polar surface area (TPSA) is 122 Å². The van der Waals surface area contributed by atoms with Crippen molar-refractivity contribution in [2.75, 3.05) is 17.4 Å². The summed E-state index contributed by atoms with van der Waals surface area (Å²) in [6.07, 6.45) is 0.604. The van der Waals surface area contributed by atoms with Gasteiger partial charge in [0.15, 0.2) is 0 Å². The van der Waals surface area contributed by atoms with Crippen molar-refractivity contribution in [2.45, 2.75) is 19.4 Å². The Morgan fingerprint density at radius 2 is 1.82 bits per heavy atom. The number of anilines is 1. The molecule has 148 valence electrons. The van der Waals surface area contributed by atoms with Gasteiger partial charge in [0.05, 0.1) is 11.7 Å². The van der Waals surface area contributed by atoms with Gasteiger partial charge in [0, 0.05) is 24.2 Å². The summed E-state index contributed by atoms with van der Waals surface area (Å²) in [6, 6.07) is 13.3. The first-order valence-corrected chi connectivity index (χ1v) is 10.3. The average Bonchev–Trinajstić information content (AvgIpc) is 2.67. The first-order chi connectivity index (χ1) is 13.3. The lowest BCUT2D eigenvalue weighted by Crippen LogP contribution is -2.47. The molecule has 28 heavy (non-hydrogen) atoms. The van der Waals surface area contributed by atoms with Crippen LogP contribution in [-0.2, 0) is 10.2 Å². The highest BCUT2D eigenvalue weighted by atomic mass is 32.2. The second-order valence-electron chi connectivity index (χ2n) is 6.56. The fourth-order valence-electron chi connectivity index (χ4n) is 3.02. The molecule has 2 aromatic rings. The molecule has 9 heteroatoms. The SMILES string of the molecule is C[C@@H](NC(=O)c1cc(C(N)=O)cc(N2CCCNS2(=O)=O)c1)c1ccccc1. The number of benzene rings is 2. The van der Waals surface area contributed by atoms with E-state index < -0.39 is 22.0 Å². The minimum atomic E-state index is -3.73. The highest BCUT2D eigenvalue weighted by molar-refractivity contribution is 7.90. The molecule has 8 nitrogen and oxygen atoms in total. The second kappa shape index (κ2) is 7.99. The smallest absolute Gasteiger partial charge is 0.301 e. The summed E-state index contributed by atoms with van der Waals surface area (Å²) >= 11 is 0. The van der Waals surface area contributed by atoms with E-state index in [4.69, 9.17) is 5.73 Å². The summed E-state index contributed by atoms with van der Waals surface area (Å²) in [7, 11) is -3.73. The van der Waals surface area contributed by atoms with Crippen molar-refractivity contribution >= 4 is 27.7 Å². The van der Waals surface area contributed by atoms with Crippen molar-refractivity contribution < 1.29 is 18.0 Å². The minimum absolute atomic E-state index is 0.0655. The lowest BCUT2D eigenvalue weighted by atomic mass is 10.1. The zero-order valence-electron chi connectivity index (χ0n) is 15.4. The van der Waals surface area contributed by atoms with Crippen molar-refractivity contribution in [3.8, 4) is 0 Å². The summed E-state index contributed by atoms with van der Waals surface area (Å²) in [5.41, 5.74) is 6.76. The van der Waals surface area contributed by atoms with Crippen LogP contribution in [0, 0.1) is 0 Å². The van der Waals surface area contributed by atoms with E-state index in [9.17, 15) is 18.0 Å². The number of nitrogens with zero attached hydrogens (tertiary/aromatic N) is 1. The molecule has 4 N–H and O–H groups in total. The van der Waals surface area contributed by atoms with Crippen LogP contribution in [0.3, 0.4) is 0 Å². The van der Waals surface area contributed by atoms with Gasteiger partial charge < -0.3 is 11.1 Å². The molecule has 0 aliphatic carbocycles. The fraction of sp³-hybridized carbons (Fsp3) is 0.263. The van der Waals surface area contributed by atoms with Crippen LogP contribution in [0.15, 0.2) is 48.5 Å². The van der Waals surface area contributed by atoms with E-state index in [-0.39, 0.29) is 29.4 Å². The molecule has 1 atom stereocenters. The predicted octanol–water partition coefficient (Wildman–Crippen LogP) is 1.32. The standard InChI is InChI=1S/C19H22N4O4S/c1-13(14-6-3-2-4-7-14)22-19(25)16-10-15(18(20)24)11-17(12-16)23-9-5-8-21-28(23,26)27/h2-4,6-7,10-13,21H,5,8-9H2,1H3,(H2,20,24)(H,22,25)/t13-/m1/s1. The Morgan fingerprint density at radius 3 is 2.46 bits per heavy atom. The van der Waals surface area contributed by atoms with Gasteiger partial charge in [-0.05, 0) is 37.1 Å². The molecule has 1 aliphatic heterocycles. The Bertz CT molecular complexity index is 992. The lowest BCUT2D eigenvalue weighted by molar-refractivity contribution is 0.0940. The van der Waals surface area contributed by atoms with Gasteiger partial charge in [0.2, 0.25) is 5.91 Å². The molecule has 0 radical (unpaired) electrons. The molecule has 0 saturated carbocycles. The van der Waals surface area contributed by atoms with E-state index in [0.717, 1.165) is 9.87 Å². The van der Waals surface area contributed by atoms with Gasteiger partial charge in [-0.2, -0.15) is 13.1 Å². The van der Waals surface area contributed by atoms with Gasteiger partial charge in [-0.3, -0.25) is 13.9 Å². The van der Waals surface area contributed by atoms with Gasteiger partial charge in [0.1, 0.15) is 0 Å². The molecule has 1 heterocycles. The maximum atomic E-state index is 12.8. The monoisotopic (exact) mass is 402 g/mol. The maximum absolute atomic E-state index is 12.8. The van der Waals surface area contributed by atoms with E-state index in [1.807, 2.05) is 37.3 Å². The Balaban J connectivity index is 1.93. The Hall–Kier alpha value is -2.91. The number of hydrogen-bond donors (Lipinski definition) is 3. The van der Waals surface area contributed by atoms with E-state index in [2.05, 4.69) is 10.0 Å². The molecule has 2 amide bonds. The van der Waals surface area contributed by atoms with Gasteiger partial charge in [-0.25, -0.2) is 0 Å². The van der Waals surface area contributed by atoms with Crippen LogP contribution < -0.4 is 20.1 Å². The third-order valence-electron chi connectivity index (χ3n) is 4.51. The van der Waals surface area contributed by atoms with Gasteiger partial charge in [0.25, 0.3) is 5.91 Å². The normalized spacial score (nSPS) is 17.0. The molecule has 0 unspecified atom stereocenters. The number of carbonyl (C=O) groups is 2. The Morgan fingerprint density at radius 1 is 1.14 bits per heavy atom. The van der Waals surface area contributed by atoms with Crippen LogP contribution >= 0.6 is 0 Å². The molecule has 0 bridgehead atoms. The summed E-state index contributed by atoms with van der Waals surface area (Å²) < 4.78 is 28.2. The van der Waals surface area contributed by atoms with Gasteiger partial charge in [-0.1, -0.05) is 30.3 Å². The van der Waals surface area contributed by atoms with E-state index in [1.165, 1.54) is 18.2 Å². The predicted molar refractivity (Wildman–Crippen MR) is 106 cm³/mol. The molecule has 0 spiro atoms. The zero-order valence-corrected chi connectivity index (χ0v) is 16.2. The van der Waals surface area contributed by atoms with E-state index >= 15 is 0 Å². The van der Waals surface area contributed by atoms with Gasteiger partial charge >= 0.3 is 10.2 Å². The van der Waals surface area contributed by atoms with Crippen LogP contribution in [-0.4, -0.2) is 33.3 Å². The summed E-state index contributed by atoms with van der Waals surface area (Å²) in [6.45, 7) is 2.43. The molecule has 1 saturated heterocycles. The molecule has 2 aromatic carbocycles. The van der Waals surface area contributed by atoms with Crippen LogP contribution in [0.25, 0.3) is 0 Å². The Kier molecular flexibility index (Phi) is 5.66. The molecule has 0 aromatic heterocycles. The van der Waals surface area contributed by atoms with Crippen molar-refractivity contribution in [3.63, 3.8) is 0 Å². The van der Waals surface area contributed by atoms with E-state index in [0.29, 0.717) is 13.0 Å². The third kappa shape index (κ3) is 4.32. The van der Waals surface area contributed by atoms with Crippen molar-refractivity contribution in [1.29, 1.82) is 0 Å². The van der Waals surface area contributed by atoms with Crippen molar-refractivity contribution in [3.05, 3.63) is 65.2 Å². The molecule has 1 fully saturated rings. The number of primary amides is 1. The Labute approximate surface area is 163 Å². The van der Waals surface area contributed by atoms with Crippen LogP contribution in [0.2, 0.25) is 0 Å². The molecular weight excluding hydrogens is 380 g/mol. The molecular formula is C19H22N4O4S. The second-order valence-corrected chi connectivity index (χ2v) is 8.24. The summed E-state index contributed by atoms with van der Waals surface area (Å²) in [4.78, 5) is 24.5. The fourth-order valence-corrected chi connectivity index (χ4v) is 4.33. The third-order valence-corrected chi connectivity index (χ3v) is 6.05. The van der Waals surface area contributed by atoms with Crippen LogP contribution in [0.4, 0.5) is 5.69 Å². The lowest BCUT2D eigenvalue weighted by Gasteiger charge is -2.29. The van der Waals surface area contributed by atoms with Crippen molar-refractivity contribution in [1.82, 2.24) is 10.0 Å². The molecule has 1 aliphatic rings. The number of nitrogens with one attached hydrogen (secondary N) is 2. The van der Waals surface area contributed by atoms with Crippen LogP contribution in [0.5, 0.6) is 0 Å². The summed E-state index contributed by atoms with van der Waals surface area (Å²) in [5, 5.41) is 2.85. The molecule has 3 rings (SSSR count). The minimum Gasteiger partial charge on any atom is -0.366 e. The largest absolute Gasteiger partial charge is 0.366 e. The number of carbonyl (C=O) groups excluding carboxylic acids is 2. The highest BCUT2D eigenvalue weighted by Crippen LogP contribution is 2.24.